The number of rotatable bonds is 5. The molecule has 1 heterocycles. The monoisotopic (exact) mass is 318 g/mol. The number of halogens is 2. The topological polar surface area (TPSA) is 100 Å². The minimum Gasteiger partial charge on any atom is -0.383 e. The molecule has 2 rings (SSSR count). The highest BCUT2D eigenvalue weighted by Crippen LogP contribution is 2.22. The molecule has 114 valence electrons. The summed E-state index contributed by atoms with van der Waals surface area (Å²) in [4.78, 5) is 0. The Bertz CT molecular complexity index is 741. The number of hydrogen-bond acceptors (Lipinski definition) is 5. The van der Waals surface area contributed by atoms with Gasteiger partial charge in [0.15, 0.2) is 5.82 Å². The third kappa shape index (κ3) is 3.40. The second-order valence-corrected chi connectivity index (χ2v) is 5.61. The van der Waals surface area contributed by atoms with E-state index < -0.39 is 26.8 Å². The van der Waals surface area contributed by atoms with Gasteiger partial charge < -0.3 is 4.74 Å². The molecule has 2 aromatic rings. The van der Waals surface area contributed by atoms with E-state index in [0.29, 0.717) is 6.07 Å². The zero-order chi connectivity index (χ0) is 15.6. The number of primary sulfonamides is 1. The quantitative estimate of drug-likeness (QED) is 0.866. The number of methoxy groups -OCH3 is 1. The molecule has 0 fully saturated rings. The molecule has 0 aliphatic heterocycles. The SMILES string of the molecule is COCCn1c(-c2cc(F)cc(F)c2)nnc1S(N)(=O)=O. The van der Waals surface area contributed by atoms with E-state index in [9.17, 15) is 17.2 Å². The van der Waals surface area contributed by atoms with E-state index >= 15 is 0 Å². The summed E-state index contributed by atoms with van der Waals surface area (Å²) in [5, 5.41) is 11.7. The predicted molar refractivity (Wildman–Crippen MR) is 68.6 cm³/mol. The van der Waals surface area contributed by atoms with E-state index in [-0.39, 0.29) is 24.5 Å². The van der Waals surface area contributed by atoms with Gasteiger partial charge in [-0.05, 0) is 12.1 Å². The van der Waals surface area contributed by atoms with Crippen LogP contribution in [0.3, 0.4) is 0 Å². The maximum Gasteiger partial charge on any atom is 0.273 e. The lowest BCUT2D eigenvalue weighted by Crippen LogP contribution is -2.20. The molecule has 0 aliphatic carbocycles. The summed E-state index contributed by atoms with van der Waals surface area (Å²) in [5.74, 6) is -1.65. The lowest BCUT2D eigenvalue weighted by Gasteiger charge is -2.09. The lowest BCUT2D eigenvalue weighted by molar-refractivity contribution is 0.185. The van der Waals surface area contributed by atoms with Crippen molar-refractivity contribution in [1.82, 2.24) is 14.8 Å². The van der Waals surface area contributed by atoms with Crippen molar-refractivity contribution in [2.45, 2.75) is 11.7 Å². The molecule has 0 radical (unpaired) electrons. The average molecular weight is 318 g/mol. The highest BCUT2D eigenvalue weighted by atomic mass is 32.2. The van der Waals surface area contributed by atoms with Gasteiger partial charge in [0, 0.05) is 18.7 Å². The Morgan fingerprint density at radius 1 is 1.24 bits per heavy atom. The summed E-state index contributed by atoms with van der Waals surface area (Å²) in [6, 6.07) is 2.73. The Hall–Kier alpha value is -1.91. The molecule has 0 bridgehead atoms. The summed E-state index contributed by atoms with van der Waals surface area (Å²) in [7, 11) is -2.71. The highest BCUT2D eigenvalue weighted by Gasteiger charge is 2.22. The Labute approximate surface area is 119 Å². The van der Waals surface area contributed by atoms with E-state index in [1.54, 1.807) is 0 Å². The van der Waals surface area contributed by atoms with Crippen LogP contribution in [-0.4, -0.2) is 36.9 Å². The summed E-state index contributed by atoms with van der Waals surface area (Å²) < 4.78 is 55.5. The molecule has 2 N–H and O–H groups in total. The van der Waals surface area contributed by atoms with Crippen LogP contribution in [0.15, 0.2) is 23.4 Å². The normalized spacial score (nSPS) is 11.8. The van der Waals surface area contributed by atoms with Crippen LogP contribution in [0.25, 0.3) is 11.4 Å². The minimum absolute atomic E-state index is 0.0190. The number of ether oxygens (including phenoxy) is 1. The summed E-state index contributed by atoms with van der Waals surface area (Å²) in [5.41, 5.74) is 0.0472. The van der Waals surface area contributed by atoms with E-state index in [0.717, 1.165) is 16.7 Å². The Kier molecular flexibility index (Phi) is 4.30. The second-order valence-electron chi connectivity index (χ2n) is 4.15. The van der Waals surface area contributed by atoms with Crippen molar-refractivity contribution in [3.63, 3.8) is 0 Å². The van der Waals surface area contributed by atoms with Crippen LogP contribution in [0.5, 0.6) is 0 Å². The number of sulfonamides is 1. The van der Waals surface area contributed by atoms with Crippen LogP contribution in [-0.2, 0) is 21.3 Å². The Balaban J connectivity index is 2.60. The molecule has 21 heavy (non-hydrogen) atoms. The van der Waals surface area contributed by atoms with E-state index in [1.807, 2.05) is 0 Å². The molecule has 0 amide bonds. The Morgan fingerprint density at radius 3 is 2.38 bits per heavy atom. The lowest BCUT2D eigenvalue weighted by atomic mass is 10.2. The summed E-state index contributed by atoms with van der Waals surface area (Å²) >= 11 is 0. The van der Waals surface area contributed by atoms with Gasteiger partial charge in [0.05, 0.1) is 13.2 Å². The van der Waals surface area contributed by atoms with Crippen molar-refractivity contribution in [2.75, 3.05) is 13.7 Å². The minimum atomic E-state index is -4.13. The fourth-order valence-corrected chi connectivity index (χ4v) is 2.42. The smallest absolute Gasteiger partial charge is 0.273 e. The predicted octanol–water partition coefficient (Wildman–Crippen LogP) is 0.517. The molecule has 0 saturated carbocycles. The fourth-order valence-electron chi connectivity index (χ4n) is 1.78. The summed E-state index contributed by atoms with van der Waals surface area (Å²) in [6.07, 6.45) is 0. The van der Waals surface area contributed by atoms with Gasteiger partial charge in [0.25, 0.3) is 15.2 Å². The first kappa shape index (κ1) is 15.5. The van der Waals surface area contributed by atoms with Gasteiger partial charge in [-0.15, -0.1) is 10.2 Å². The molecular formula is C11H12F2N4O3S. The number of hydrogen-bond donors (Lipinski definition) is 1. The molecule has 7 nitrogen and oxygen atoms in total. The van der Waals surface area contributed by atoms with Crippen LogP contribution < -0.4 is 5.14 Å². The standard InChI is InChI=1S/C11H12F2N4O3S/c1-20-3-2-17-10(15-16-11(17)21(14,18)19)7-4-8(12)6-9(13)5-7/h4-6H,2-3H2,1H3,(H2,14,18,19). The van der Waals surface area contributed by atoms with Crippen molar-refractivity contribution < 1.29 is 21.9 Å². The largest absolute Gasteiger partial charge is 0.383 e. The number of benzene rings is 1. The highest BCUT2D eigenvalue weighted by molar-refractivity contribution is 7.89. The first-order valence-corrected chi connectivity index (χ1v) is 7.29. The molecule has 10 heteroatoms. The van der Waals surface area contributed by atoms with Crippen LogP contribution in [0.2, 0.25) is 0 Å². The van der Waals surface area contributed by atoms with Crippen molar-refractivity contribution in [2.24, 2.45) is 5.14 Å². The van der Waals surface area contributed by atoms with Gasteiger partial charge in [-0.25, -0.2) is 22.3 Å². The van der Waals surface area contributed by atoms with Gasteiger partial charge in [-0.3, -0.25) is 4.57 Å². The van der Waals surface area contributed by atoms with Gasteiger partial charge in [-0.2, -0.15) is 0 Å². The molecule has 0 unspecified atom stereocenters. The number of nitrogens with zero attached hydrogens (tertiary/aromatic N) is 3. The van der Waals surface area contributed by atoms with Gasteiger partial charge in [0.1, 0.15) is 11.6 Å². The van der Waals surface area contributed by atoms with Crippen LogP contribution in [0.1, 0.15) is 0 Å². The van der Waals surface area contributed by atoms with Gasteiger partial charge in [0.2, 0.25) is 0 Å². The fraction of sp³-hybridized carbons (Fsp3) is 0.273. The van der Waals surface area contributed by atoms with Crippen LogP contribution in [0.4, 0.5) is 8.78 Å². The third-order valence-corrected chi connectivity index (χ3v) is 3.42. The average Bonchev–Trinajstić information content (AvgIpc) is 2.78. The number of aromatic nitrogens is 3. The third-order valence-electron chi connectivity index (χ3n) is 2.61. The van der Waals surface area contributed by atoms with E-state index in [2.05, 4.69) is 10.2 Å². The molecule has 0 spiro atoms. The maximum absolute atomic E-state index is 13.3. The summed E-state index contributed by atoms with van der Waals surface area (Å²) in [6.45, 7) is 0.202. The zero-order valence-corrected chi connectivity index (χ0v) is 11.8. The Morgan fingerprint density at radius 2 is 1.86 bits per heavy atom. The van der Waals surface area contributed by atoms with Crippen molar-refractivity contribution >= 4 is 10.0 Å². The second kappa shape index (κ2) is 5.84. The van der Waals surface area contributed by atoms with Crippen LogP contribution in [0, 0.1) is 11.6 Å². The van der Waals surface area contributed by atoms with Crippen molar-refractivity contribution in [1.29, 1.82) is 0 Å². The molecule has 0 atom stereocenters. The molecule has 1 aromatic heterocycles. The molecule has 0 saturated heterocycles. The first-order valence-electron chi connectivity index (χ1n) is 5.74. The first-order chi connectivity index (χ1) is 9.82. The molecule has 1 aromatic carbocycles. The van der Waals surface area contributed by atoms with Crippen molar-refractivity contribution in [3.05, 3.63) is 29.8 Å². The molecule has 0 aliphatic rings. The van der Waals surface area contributed by atoms with Gasteiger partial charge >= 0.3 is 0 Å². The molecular weight excluding hydrogens is 306 g/mol. The zero-order valence-electron chi connectivity index (χ0n) is 11.0. The van der Waals surface area contributed by atoms with E-state index in [1.165, 1.54) is 7.11 Å². The van der Waals surface area contributed by atoms with Crippen LogP contribution >= 0.6 is 0 Å². The van der Waals surface area contributed by atoms with Crippen molar-refractivity contribution in [3.8, 4) is 11.4 Å². The van der Waals surface area contributed by atoms with E-state index in [4.69, 9.17) is 9.88 Å². The van der Waals surface area contributed by atoms with Gasteiger partial charge in [-0.1, -0.05) is 0 Å². The maximum atomic E-state index is 13.3. The number of nitrogens with two attached hydrogens (primary N) is 1.